The first-order chi connectivity index (χ1) is 8.25. The minimum Gasteiger partial charge on any atom is -0.329 e. The molecule has 0 bridgehead atoms. The summed E-state index contributed by atoms with van der Waals surface area (Å²) < 4.78 is 2.24. The second-order valence-electron chi connectivity index (χ2n) is 4.85. The minimum atomic E-state index is 0.0428. The van der Waals surface area contributed by atoms with Crippen molar-refractivity contribution in [3.8, 4) is 0 Å². The highest BCUT2D eigenvalue weighted by Gasteiger charge is 2.24. The van der Waals surface area contributed by atoms with Crippen molar-refractivity contribution < 1.29 is 0 Å². The topological polar surface area (TPSA) is 43.8 Å². The van der Waals surface area contributed by atoms with Crippen molar-refractivity contribution in [2.24, 2.45) is 5.73 Å². The van der Waals surface area contributed by atoms with Gasteiger partial charge in [0.25, 0.3) is 0 Å². The number of rotatable bonds is 2. The van der Waals surface area contributed by atoms with Crippen molar-refractivity contribution in [2.75, 3.05) is 0 Å². The van der Waals surface area contributed by atoms with E-state index < -0.39 is 0 Å². The normalized spacial score (nSPS) is 17.1. The molecule has 17 heavy (non-hydrogen) atoms. The van der Waals surface area contributed by atoms with E-state index >= 15 is 0 Å². The molecule has 1 heterocycles. The molecule has 3 rings (SSSR count). The van der Waals surface area contributed by atoms with Crippen molar-refractivity contribution in [1.29, 1.82) is 0 Å². The number of hydrogen-bond acceptors (Lipinski definition) is 2. The zero-order valence-corrected chi connectivity index (χ0v) is 10.0. The SMILES string of the molecule is C[C@@H](N)c1cncn1C1Cc2ccccc2C1. The lowest BCUT2D eigenvalue weighted by Crippen LogP contribution is -2.16. The molecule has 3 heteroatoms. The van der Waals surface area contributed by atoms with Crippen LogP contribution in [0.5, 0.6) is 0 Å². The fourth-order valence-corrected chi connectivity index (χ4v) is 2.70. The number of hydrogen-bond donors (Lipinski definition) is 1. The summed E-state index contributed by atoms with van der Waals surface area (Å²) in [6, 6.07) is 9.19. The number of nitrogens with zero attached hydrogens (tertiary/aromatic N) is 2. The van der Waals surface area contributed by atoms with Gasteiger partial charge in [0.15, 0.2) is 0 Å². The highest BCUT2D eigenvalue weighted by Crippen LogP contribution is 2.31. The first kappa shape index (κ1) is 10.5. The van der Waals surface area contributed by atoms with Crippen LogP contribution in [0.25, 0.3) is 0 Å². The lowest BCUT2D eigenvalue weighted by atomic mass is 10.1. The molecule has 3 nitrogen and oxygen atoms in total. The molecule has 2 aromatic rings. The van der Waals surface area contributed by atoms with Crippen LogP contribution in [0.3, 0.4) is 0 Å². The van der Waals surface area contributed by atoms with Crippen LogP contribution < -0.4 is 5.73 Å². The number of imidazole rings is 1. The Balaban J connectivity index is 1.91. The third-order valence-electron chi connectivity index (χ3n) is 3.59. The maximum atomic E-state index is 5.97. The van der Waals surface area contributed by atoms with E-state index in [2.05, 4.69) is 33.8 Å². The average molecular weight is 227 g/mol. The molecule has 88 valence electrons. The van der Waals surface area contributed by atoms with E-state index in [1.165, 1.54) is 11.1 Å². The molecular formula is C14H17N3. The summed E-state index contributed by atoms with van der Waals surface area (Å²) >= 11 is 0. The lowest BCUT2D eigenvalue weighted by Gasteiger charge is -2.17. The third-order valence-corrected chi connectivity index (χ3v) is 3.59. The van der Waals surface area contributed by atoms with Gasteiger partial charge in [-0.05, 0) is 30.9 Å². The van der Waals surface area contributed by atoms with Crippen LogP contribution in [0.15, 0.2) is 36.8 Å². The summed E-state index contributed by atoms with van der Waals surface area (Å²) in [6.07, 6.45) is 5.97. The first-order valence-corrected chi connectivity index (χ1v) is 6.10. The van der Waals surface area contributed by atoms with E-state index in [0.717, 1.165) is 18.5 Å². The fourth-order valence-electron chi connectivity index (χ4n) is 2.70. The van der Waals surface area contributed by atoms with Gasteiger partial charge < -0.3 is 10.3 Å². The van der Waals surface area contributed by atoms with Gasteiger partial charge in [-0.2, -0.15) is 0 Å². The van der Waals surface area contributed by atoms with Gasteiger partial charge in [-0.1, -0.05) is 24.3 Å². The van der Waals surface area contributed by atoms with Gasteiger partial charge >= 0.3 is 0 Å². The molecule has 0 saturated carbocycles. The maximum Gasteiger partial charge on any atom is 0.0951 e. The smallest absolute Gasteiger partial charge is 0.0951 e. The Morgan fingerprint density at radius 2 is 1.94 bits per heavy atom. The summed E-state index contributed by atoms with van der Waals surface area (Å²) in [4.78, 5) is 4.23. The number of nitrogens with two attached hydrogens (primary N) is 1. The molecule has 2 N–H and O–H groups in total. The molecule has 1 aromatic carbocycles. The predicted molar refractivity (Wildman–Crippen MR) is 67.7 cm³/mol. The molecule has 0 radical (unpaired) electrons. The van der Waals surface area contributed by atoms with E-state index in [1.807, 2.05) is 19.4 Å². The Morgan fingerprint density at radius 1 is 1.29 bits per heavy atom. The molecule has 0 saturated heterocycles. The van der Waals surface area contributed by atoms with Crippen LogP contribution in [-0.4, -0.2) is 9.55 Å². The lowest BCUT2D eigenvalue weighted by molar-refractivity contribution is 0.497. The Morgan fingerprint density at radius 3 is 2.53 bits per heavy atom. The molecule has 1 aliphatic carbocycles. The average Bonchev–Trinajstić information content (AvgIpc) is 2.95. The second-order valence-corrected chi connectivity index (χ2v) is 4.85. The molecule has 1 aliphatic rings. The van der Waals surface area contributed by atoms with Crippen molar-refractivity contribution in [3.05, 3.63) is 53.6 Å². The molecule has 1 atom stereocenters. The Kier molecular flexibility index (Phi) is 2.48. The van der Waals surface area contributed by atoms with Crippen molar-refractivity contribution in [1.82, 2.24) is 9.55 Å². The molecular weight excluding hydrogens is 210 g/mol. The van der Waals surface area contributed by atoms with Gasteiger partial charge in [0.1, 0.15) is 0 Å². The fraction of sp³-hybridized carbons (Fsp3) is 0.357. The van der Waals surface area contributed by atoms with E-state index in [1.54, 1.807) is 0 Å². The monoisotopic (exact) mass is 227 g/mol. The van der Waals surface area contributed by atoms with Crippen LogP contribution in [0.1, 0.15) is 35.8 Å². The molecule has 1 aromatic heterocycles. The van der Waals surface area contributed by atoms with Gasteiger partial charge in [0.2, 0.25) is 0 Å². The van der Waals surface area contributed by atoms with Crippen LogP contribution >= 0.6 is 0 Å². The summed E-state index contributed by atoms with van der Waals surface area (Å²) in [5.74, 6) is 0. The third kappa shape index (κ3) is 1.76. The highest BCUT2D eigenvalue weighted by atomic mass is 15.1. The van der Waals surface area contributed by atoms with E-state index in [-0.39, 0.29) is 6.04 Å². The van der Waals surface area contributed by atoms with Crippen molar-refractivity contribution in [3.63, 3.8) is 0 Å². The quantitative estimate of drug-likeness (QED) is 0.855. The largest absolute Gasteiger partial charge is 0.329 e. The molecule has 0 spiro atoms. The highest BCUT2D eigenvalue weighted by molar-refractivity contribution is 5.33. The Labute approximate surface area is 101 Å². The maximum absolute atomic E-state index is 5.97. The number of benzene rings is 1. The van der Waals surface area contributed by atoms with Gasteiger partial charge in [0.05, 0.1) is 12.0 Å². The Hall–Kier alpha value is -1.61. The van der Waals surface area contributed by atoms with Crippen LogP contribution in [0, 0.1) is 0 Å². The van der Waals surface area contributed by atoms with Gasteiger partial charge in [-0.25, -0.2) is 4.98 Å². The molecule has 0 fully saturated rings. The van der Waals surface area contributed by atoms with Crippen molar-refractivity contribution in [2.45, 2.75) is 31.8 Å². The van der Waals surface area contributed by atoms with Crippen LogP contribution in [0.4, 0.5) is 0 Å². The standard InChI is InChI=1S/C14H17N3/c1-10(15)14-8-16-9-17(14)13-6-11-4-2-3-5-12(11)7-13/h2-5,8-10,13H,6-7,15H2,1H3/t10-/m1/s1. The predicted octanol–water partition coefficient (Wildman–Crippen LogP) is 2.24. The molecule has 0 unspecified atom stereocenters. The van der Waals surface area contributed by atoms with Crippen LogP contribution in [-0.2, 0) is 12.8 Å². The van der Waals surface area contributed by atoms with E-state index in [4.69, 9.17) is 5.73 Å². The summed E-state index contributed by atoms with van der Waals surface area (Å²) in [5, 5.41) is 0. The molecule has 0 aliphatic heterocycles. The van der Waals surface area contributed by atoms with E-state index in [0.29, 0.717) is 6.04 Å². The van der Waals surface area contributed by atoms with Crippen LogP contribution in [0.2, 0.25) is 0 Å². The molecule has 0 amide bonds. The van der Waals surface area contributed by atoms with Gasteiger partial charge in [-0.15, -0.1) is 0 Å². The number of aromatic nitrogens is 2. The van der Waals surface area contributed by atoms with E-state index in [9.17, 15) is 0 Å². The van der Waals surface area contributed by atoms with Gasteiger partial charge in [-0.3, -0.25) is 0 Å². The first-order valence-electron chi connectivity index (χ1n) is 6.10. The second kappa shape index (κ2) is 4.00. The Bertz CT molecular complexity index is 503. The van der Waals surface area contributed by atoms with Gasteiger partial charge in [0, 0.05) is 18.3 Å². The summed E-state index contributed by atoms with van der Waals surface area (Å²) in [5.41, 5.74) is 10.0. The zero-order valence-electron chi connectivity index (χ0n) is 10.0. The zero-order chi connectivity index (χ0) is 11.8. The van der Waals surface area contributed by atoms with Crippen molar-refractivity contribution >= 4 is 0 Å². The number of fused-ring (bicyclic) bond motifs is 1. The summed E-state index contributed by atoms with van der Waals surface area (Å²) in [7, 11) is 0. The minimum absolute atomic E-state index is 0.0428. The summed E-state index contributed by atoms with van der Waals surface area (Å²) in [6.45, 7) is 2.01.